The van der Waals surface area contributed by atoms with Gasteiger partial charge in [0.05, 0.1) is 26.4 Å². The van der Waals surface area contributed by atoms with Crippen LogP contribution in [0.1, 0.15) is 29.6 Å². The number of hydrogen-bond acceptors (Lipinski definition) is 4. The minimum Gasteiger partial charge on any atom is -0.493 e. The summed E-state index contributed by atoms with van der Waals surface area (Å²) in [6.45, 7) is 0.318. The second-order valence-corrected chi connectivity index (χ2v) is 4.85. The van der Waals surface area contributed by atoms with Crippen LogP contribution in [0.4, 0.5) is 0 Å². The molecule has 1 aromatic rings. The molecule has 0 radical (unpaired) electrons. The molecule has 1 aliphatic rings. The van der Waals surface area contributed by atoms with Crippen LogP contribution in [-0.4, -0.2) is 49.3 Å². The van der Waals surface area contributed by atoms with Crippen LogP contribution >= 0.6 is 0 Å². The van der Waals surface area contributed by atoms with Crippen molar-refractivity contribution in [2.24, 2.45) is 0 Å². The van der Waals surface area contributed by atoms with Crippen LogP contribution in [0.5, 0.6) is 11.5 Å². The van der Waals surface area contributed by atoms with Crippen molar-refractivity contribution in [3.05, 3.63) is 23.8 Å². The van der Waals surface area contributed by atoms with E-state index in [1.807, 2.05) is 0 Å². The van der Waals surface area contributed by atoms with Crippen LogP contribution in [0, 0.1) is 0 Å². The van der Waals surface area contributed by atoms with E-state index in [0.29, 0.717) is 23.6 Å². The molecule has 0 heterocycles. The van der Waals surface area contributed by atoms with Gasteiger partial charge in [0, 0.05) is 12.6 Å². The summed E-state index contributed by atoms with van der Waals surface area (Å²) in [6, 6.07) is 5.49. The monoisotopic (exact) mass is 279 g/mol. The Kier molecular flexibility index (Phi) is 4.84. The van der Waals surface area contributed by atoms with Gasteiger partial charge in [-0.3, -0.25) is 4.79 Å². The van der Waals surface area contributed by atoms with E-state index < -0.39 is 0 Å². The Labute approximate surface area is 119 Å². The van der Waals surface area contributed by atoms with Crippen molar-refractivity contribution in [2.75, 3.05) is 27.4 Å². The summed E-state index contributed by atoms with van der Waals surface area (Å²) < 4.78 is 10.5. The van der Waals surface area contributed by atoms with Gasteiger partial charge in [0.2, 0.25) is 0 Å². The number of rotatable bonds is 6. The van der Waals surface area contributed by atoms with Gasteiger partial charge in [0.25, 0.3) is 5.91 Å². The van der Waals surface area contributed by atoms with Gasteiger partial charge >= 0.3 is 0 Å². The maximum atomic E-state index is 12.7. The molecule has 0 aliphatic heterocycles. The number of nitrogens with zero attached hydrogens (tertiary/aromatic N) is 1. The molecule has 2 rings (SSSR count). The molecule has 1 amide bonds. The molecule has 0 aromatic heterocycles. The van der Waals surface area contributed by atoms with Crippen LogP contribution in [0.2, 0.25) is 0 Å². The lowest BCUT2D eigenvalue weighted by atomic mass is 9.91. The lowest BCUT2D eigenvalue weighted by Crippen LogP contribution is -2.45. The molecule has 0 spiro atoms. The fourth-order valence-corrected chi connectivity index (χ4v) is 2.47. The Morgan fingerprint density at radius 3 is 2.60 bits per heavy atom. The maximum absolute atomic E-state index is 12.7. The second kappa shape index (κ2) is 6.61. The molecule has 0 atom stereocenters. The minimum atomic E-state index is -0.112. The molecule has 1 N–H and O–H groups in total. The number of carbonyl (C=O) groups excluding carboxylic acids is 1. The molecule has 1 aromatic carbocycles. The number of benzene rings is 1. The van der Waals surface area contributed by atoms with E-state index >= 15 is 0 Å². The third-order valence-electron chi connectivity index (χ3n) is 3.75. The fourth-order valence-electron chi connectivity index (χ4n) is 2.47. The van der Waals surface area contributed by atoms with Crippen molar-refractivity contribution in [2.45, 2.75) is 25.3 Å². The van der Waals surface area contributed by atoms with Crippen LogP contribution < -0.4 is 9.47 Å². The van der Waals surface area contributed by atoms with Gasteiger partial charge in [-0.15, -0.1) is 0 Å². The molecule has 1 fully saturated rings. The van der Waals surface area contributed by atoms with Gasteiger partial charge < -0.3 is 19.5 Å². The minimum absolute atomic E-state index is 0.0332. The summed E-state index contributed by atoms with van der Waals surface area (Å²) in [7, 11) is 3.07. The molecule has 110 valence electrons. The fraction of sp³-hybridized carbons (Fsp3) is 0.533. The molecule has 0 bridgehead atoms. The molecule has 5 heteroatoms. The number of aliphatic hydroxyl groups is 1. The third kappa shape index (κ3) is 2.72. The topological polar surface area (TPSA) is 59.0 Å². The standard InChI is InChI=1S/C15H21NO4/c1-19-13-8-4-7-12(14(13)20-2)15(18)16(9-10-17)11-5-3-6-11/h4,7-8,11,17H,3,5-6,9-10H2,1-2H3. The van der Waals surface area contributed by atoms with E-state index in [1.165, 1.54) is 7.11 Å². The van der Waals surface area contributed by atoms with Gasteiger partial charge in [-0.25, -0.2) is 0 Å². The number of amides is 1. The highest BCUT2D eigenvalue weighted by Crippen LogP contribution is 2.33. The average molecular weight is 279 g/mol. The highest BCUT2D eigenvalue weighted by Gasteiger charge is 2.30. The van der Waals surface area contributed by atoms with E-state index in [4.69, 9.17) is 9.47 Å². The van der Waals surface area contributed by atoms with Gasteiger partial charge in [-0.2, -0.15) is 0 Å². The van der Waals surface area contributed by atoms with E-state index in [9.17, 15) is 9.90 Å². The molecule has 1 saturated carbocycles. The largest absolute Gasteiger partial charge is 0.493 e. The molecule has 0 unspecified atom stereocenters. The number of aliphatic hydroxyl groups excluding tert-OH is 1. The molecule has 20 heavy (non-hydrogen) atoms. The first-order valence-electron chi connectivity index (χ1n) is 6.85. The highest BCUT2D eigenvalue weighted by molar-refractivity contribution is 5.98. The average Bonchev–Trinajstić information content (AvgIpc) is 2.43. The normalized spacial score (nSPS) is 14.6. The van der Waals surface area contributed by atoms with Gasteiger partial charge in [0.15, 0.2) is 11.5 Å². The third-order valence-corrected chi connectivity index (χ3v) is 3.75. The van der Waals surface area contributed by atoms with E-state index in [-0.39, 0.29) is 18.6 Å². The van der Waals surface area contributed by atoms with Crippen molar-refractivity contribution in [1.29, 1.82) is 0 Å². The first-order chi connectivity index (χ1) is 9.72. The SMILES string of the molecule is COc1cccc(C(=O)N(CCO)C2CCC2)c1OC. The smallest absolute Gasteiger partial charge is 0.258 e. The number of ether oxygens (including phenoxy) is 2. The summed E-state index contributed by atoms with van der Waals surface area (Å²) >= 11 is 0. The lowest BCUT2D eigenvalue weighted by molar-refractivity contribution is 0.0522. The van der Waals surface area contributed by atoms with Gasteiger partial charge in [-0.1, -0.05) is 6.07 Å². The van der Waals surface area contributed by atoms with Crippen molar-refractivity contribution in [3.63, 3.8) is 0 Å². The van der Waals surface area contributed by atoms with E-state index in [0.717, 1.165) is 19.3 Å². The van der Waals surface area contributed by atoms with Crippen molar-refractivity contribution < 1.29 is 19.4 Å². The maximum Gasteiger partial charge on any atom is 0.258 e. The quantitative estimate of drug-likeness (QED) is 0.861. The lowest BCUT2D eigenvalue weighted by Gasteiger charge is -2.37. The second-order valence-electron chi connectivity index (χ2n) is 4.85. The van der Waals surface area contributed by atoms with Crippen molar-refractivity contribution in [3.8, 4) is 11.5 Å². The highest BCUT2D eigenvalue weighted by atomic mass is 16.5. The van der Waals surface area contributed by atoms with Crippen molar-refractivity contribution in [1.82, 2.24) is 4.90 Å². The predicted molar refractivity (Wildman–Crippen MR) is 75.3 cm³/mol. The van der Waals surface area contributed by atoms with E-state index in [2.05, 4.69) is 0 Å². The molecular weight excluding hydrogens is 258 g/mol. The zero-order valence-corrected chi connectivity index (χ0v) is 12.0. The number of methoxy groups -OCH3 is 2. The molecule has 5 nitrogen and oxygen atoms in total. The van der Waals surface area contributed by atoms with Crippen LogP contribution in [0.3, 0.4) is 0 Å². The van der Waals surface area contributed by atoms with Crippen LogP contribution in [0.15, 0.2) is 18.2 Å². The predicted octanol–water partition coefficient (Wildman–Crippen LogP) is 1.69. The summed E-state index contributed by atoms with van der Waals surface area (Å²) in [5, 5.41) is 9.18. The van der Waals surface area contributed by atoms with E-state index in [1.54, 1.807) is 30.2 Å². The number of hydrogen-bond donors (Lipinski definition) is 1. The summed E-state index contributed by atoms with van der Waals surface area (Å²) in [5.74, 6) is 0.873. The Balaban J connectivity index is 2.30. The van der Waals surface area contributed by atoms with Gasteiger partial charge in [0.1, 0.15) is 0 Å². The molecule has 1 aliphatic carbocycles. The number of carbonyl (C=O) groups is 1. The Morgan fingerprint density at radius 1 is 1.35 bits per heavy atom. The zero-order valence-electron chi connectivity index (χ0n) is 12.0. The Bertz CT molecular complexity index is 471. The van der Waals surface area contributed by atoms with Gasteiger partial charge in [-0.05, 0) is 31.4 Å². The first-order valence-corrected chi connectivity index (χ1v) is 6.85. The number of para-hydroxylation sites is 1. The first kappa shape index (κ1) is 14.7. The van der Waals surface area contributed by atoms with Crippen LogP contribution in [-0.2, 0) is 0 Å². The summed E-state index contributed by atoms with van der Waals surface area (Å²) in [5.41, 5.74) is 0.479. The van der Waals surface area contributed by atoms with Crippen LogP contribution in [0.25, 0.3) is 0 Å². The Morgan fingerprint density at radius 2 is 2.10 bits per heavy atom. The Hall–Kier alpha value is -1.75. The summed E-state index contributed by atoms with van der Waals surface area (Å²) in [4.78, 5) is 14.4. The molecular formula is C15H21NO4. The van der Waals surface area contributed by atoms with Crippen molar-refractivity contribution >= 4 is 5.91 Å². The zero-order chi connectivity index (χ0) is 14.5. The molecule has 0 saturated heterocycles. The summed E-state index contributed by atoms with van der Waals surface area (Å²) in [6.07, 6.45) is 3.13.